The van der Waals surface area contributed by atoms with Crippen molar-refractivity contribution in [2.24, 2.45) is 0 Å². The van der Waals surface area contributed by atoms with Gasteiger partial charge >= 0.3 is 0 Å². The van der Waals surface area contributed by atoms with Crippen molar-refractivity contribution in [3.8, 4) is 0 Å². The molecule has 0 bridgehead atoms. The SMILES string of the molecule is C/C=C1\C[C@H]2C(=O)Nc3ccccc3C(=O)N2C1. The van der Waals surface area contributed by atoms with Gasteiger partial charge in [-0.3, -0.25) is 9.59 Å². The number of amides is 2. The molecular weight excluding hydrogens is 228 g/mol. The van der Waals surface area contributed by atoms with Crippen molar-refractivity contribution >= 4 is 17.5 Å². The zero-order valence-electron chi connectivity index (χ0n) is 10.1. The van der Waals surface area contributed by atoms with Crippen molar-refractivity contribution in [1.82, 2.24) is 4.90 Å². The summed E-state index contributed by atoms with van der Waals surface area (Å²) in [7, 11) is 0. The molecule has 1 saturated heterocycles. The van der Waals surface area contributed by atoms with Crippen molar-refractivity contribution in [2.45, 2.75) is 19.4 Å². The molecular formula is C14H14N2O2. The van der Waals surface area contributed by atoms with Gasteiger partial charge in [-0.15, -0.1) is 0 Å². The zero-order chi connectivity index (χ0) is 12.7. The molecule has 0 aliphatic carbocycles. The van der Waals surface area contributed by atoms with Crippen LogP contribution in [0.15, 0.2) is 35.9 Å². The molecule has 0 saturated carbocycles. The third kappa shape index (κ3) is 1.53. The second-order valence-electron chi connectivity index (χ2n) is 4.63. The van der Waals surface area contributed by atoms with Crippen LogP contribution in [0.1, 0.15) is 23.7 Å². The second kappa shape index (κ2) is 3.98. The predicted molar refractivity (Wildman–Crippen MR) is 68.3 cm³/mol. The molecule has 2 amide bonds. The summed E-state index contributed by atoms with van der Waals surface area (Å²) >= 11 is 0. The maximum Gasteiger partial charge on any atom is 0.256 e. The quantitative estimate of drug-likeness (QED) is 0.705. The molecule has 0 unspecified atom stereocenters. The van der Waals surface area contributed by atoms with E-state index < -0.39 is 0 Å². The minimum Gasteiger partial charge on any atom is -0.324 e. The number of carbonyl (C=O) groups is 2. The van der Waals surface area contributed by atoms with E-state index in [2.05, 4.69) is 5.32 Å². The van der Waals surface area contributed by atoms with Gasteiger partial charge in [0.15, 0.2) is 0 Å². The molecule has 18 heavy (non-hydrogen) atoms. The summed E-state index contributed by atoms with van der Waals surface area (Å²) in [6.45, 7) is 2.50. The molecule has 2 heterocycles. The van der Waals surface area contributed by atoms with Gasteiger partial charge < -0.3 is 10.2 Å². The highest BCUT2D eigenvalue weighted by Gasteiger charge is 2.39. The molecule has 4 heteroatoms. The summed E-state index contributed by atoms with van der Waals surface area (Å²) in [5, 5.41) is 2.84. The Bertz CT molecular complexity index is 563. The number of para-hydroxylation sites is 1. The third-order valence-electron chi connectivity index (χ3n) is 3.59. The van der Waals surface area contributed by atoms with Crippen LogP contribution in [0.4, 0.5) is 5.69 Å². The number of carbonyl (C=O) groups excluding carboxylic acids is 2. The Hall–Kier alpha value is -2.10. The molecule has 1 fully saturated rings. The monoisotopic (exact) mass is 242 g/mol. The summed E-state index contributed by atoms with van der Waals surface area (Å²) in [6, 6.07) is 6.80. The highest BCUT2D eigenvalue weighted by atomic mass is 16.2. The van der Waals surface area contributed by atoms with Crippen LogP contribution in [0.5, 0.6) is 0 Å². The number of fused-ring (bicyclic) bond motifs is 2. The van der Waals surface area contributed by atoms with Crippen molar-refractivity contribution in [2.75, 3.05) is 11.9 Å². The first kappa shape index (κ1) is 11.0. The van der Waals surface area contributed by atoms with Crippen molar-refractivity contribution in [3.63, 3.8) is 0 Å². The Morgan fingerprint density at radius 2 is 2.11 bits per heavy atom. The maximum atomic E-state index is 12.4. The largest absolute Gasteiger partial charge is 0.324 e. The van der Waals surface area contributed by atoms with Crippen LogP contribution in [0, 0.1) is 0 Å². The molecule has 4 nitrogen and oxygen atoms in total. The first-order chi connectivity index (χ1) is 8.70. The van der Waals surface area contributed by atoms with Crippen LogP contribution >= 0.6 is 0 Å². The van der Waals surface area contributed by atoms with Crippen LogP contribution in [-0.4, -0.2) is 29.3 Å². The average molecular weight is 242 g/mol. The van der Waals surface area contributed by atoms with Crippen LogP contribution in [-0.2, 0) is 4.79 Å². The molecule has 0 spiro atoms. The minimum atomic E-state index is -0.365. The number of allylic oxidation sites excluding steroid dienone is 1. The van der Waals surface area contributed by atoms with Gasteiger partial charge in [0.25, 0.3) is 5.91 Å². The van der Waals surface area contributed by atoms with Crippen LogP contribution < -0.4 is 5.32 Å². The number of nitrogens with one attached hydrogen (secondary N) is 1. The number of hydrogen-bond donors (Lipinski definition) is 1. The van der Waals surface area contributed by atoms with Crippen LogP contribution in [0.25, 0.3) is 0 Å². The molecule has 1 aromatic rings. The van der Waals surface area contributed by atoms with E-state index in [1.807, 2.05) is 25.1 Å². The number of anilines is 1. The molecule has 92 valence electrons. The number of nitrogens with zero attached hydrogens (tertiary/aromatic N) is 1. The lowest BCUT2D eigenvalue weighted by Crippen LogP contribution is -2.40. The first-order valence-electron chi connectivity index (χ1n) is 6.05. The van der Waals surface area contributed by atoms with Crippen molar-refractivity contribution < 1.29 is 9.59 Å². The van der Waals surface area contributed by atoms with Crippen molar-refractivity contribution in [1.29, 1.82) is 0 Å². The van der Waals surface area contributed by atoms with Gasteiger partial charge in [0.2, 0.25) is 5.91 Å². The molecule has 0 aromatic heterocycles. The van der Waals surface area contributed by atoms with E-state index >= 15 is 0 Å². The number of hydrogen-bond acceptors (Lipinski definition) is 2. The number of rotatable bonds is 0. The highest BCUT2D eigenvalue weighted by molar-refractivity contribution is 6.10. The van der Waals surface area contributed by atoms with E-state index in [0.29, 0.717) is 24.2 Å². The van der Waals surface area contributed by atoms with E-state index in [4.69, 9.17) is 0 Å². The summed E-state index contributed by atoms with van der Waals surface area (Å²) in [5.41, 5.74) is 2.33. The van der Waals surface area contributed by atoms with Gasteiger partial charge in [0.1, 0.15) is 6.04 Å². The Labute approximate surface area is 105 Å². The fraction of sp³-hybridized carbons (Fsp3) is 0.286. The van der Waals surface area contributed by atoms with Gasteiger partial charge in [-0.1, -0.05) is 23.8 Å². The second-order valence-corrected chi connectivity index (χ2v) is 4.63. The Morgan fingerprint density at radius 3 is 2.89 bits per heavy atom. The lowest BCUT2D eigenvalue weighted by Gasteiger charge is -2.19. The van der Waals surface area contributed by atoms with Gasteiger partial charge in [0.05, 0.1) is 11.3 Å². The van der Waals surface area contributed by atoms with Crippen LogP contribution in [0.2, 0.25) is 0 Å². The summed E-state index contributed by atoms with van der Waals surface area (Å²) in [6.07, 6.45) is 2.63. The maximum absolute atomic E-state index is 12.4. The Morgan fingerprint density at radius 1 is 1.33 bits per heavy atom. The molecule has 1 atom stereocenters. The molecule has 1 N–H and O–H groups in total. The molecule has 0 radical (unpaired) electrons. The normalized spacial score (nSPS) is 24.6. The molecule has 1 aromatic carbocycles. The summed E-state index contributed by atoms with van der Waals surface area (Å²) < 4.78 is 0. The summed E-state index contributed by atoms with van der Waals surface area (Å²) in [4.78, 5) is 26.2. The Balaban J connectivity index is 2.07. The Kier molecular flexibility index (Phi) is 2.44. The van der Waals surface area contributed by atoms with Gasteiger partial charge in [-0.05, 0) is 25.5 Å². The fourth-order valence-corrected chi connectivity index (χ4v) is 2.56. The van der Waals surface area contributed by atoms with Crippen molar-refractivity contribution in [3.05, 3.63) is 41.5 Å². The standard InChI is InChI=1S/C14H14N2O2/c1-2-9-7-12-13(17)15-11-6-4-3-5-10(11)14(18)16(12)8-9/h2-6,12H,7-8H2,1H3,(H,15,17)/b9-2+/t12-/m0/s1. The average Bonchev–Trinajstić information content (AvgIpc) is 2.79. The fourth-order valence-electron chi connectivity index (χ4n) is 2.56. The topological polar surface area (TPSA) is 49.4 Å². The van der Waals surface area contributed by atoms with Gasteiger partial charge in [-0.25, -0.2) is 0 Å². The van der Waals surface area contributed by atoms with Crippen LogP contribution in [0.3, 0.4) is 0 Å². The third-order valence-corrected chi connectivity index (χ3v) is 3.59. The zero-order valence-corrected chi connectivity index (χ0v) is 10.1. The lowest BCUT2D eigenvalue weighted by atomic mass is 10.1. The molecule has 2 aliphatic rings. The molecule has 2 aliphatic heterocycles. The van der Waals surface area contributed by atoms with E-state index in [1.165, 1.54) is 0 Å². The highest BCUT2D eigenvalue weighted by Crippen LogP contribution is 2.30. The van der Waals surface area contributed by atoms with E-state index in [-0.39, 0.29) is 17.9 Å². The first-order valence-corrected chi connectivity index (χ1v) is 6.05. The lowest BCUT2D eigenvalue weighted by molar-refractivity contribution is -0.119. The van der Waals surface area contributed by atoms with Gasteiger partial charge in [-0.2, -0.15) is 0 Å². The predicted octanol–water partition coefficient (Wildman–Crippen LogP) is 1.80. The number of benzene rings is 1. The summed E-state index contributed by atoms with van der Waals surface area (Å²) in [5.74, 6) is -0.157. The smallest absolute Gasteiger partial charge is 0.256 e. The van der Waals surface area contributed by atoms with E-state index in [0.717, 1.165) is 5.57 Å². The minimum absolute atomic E-state index is 0.0641. The van der Waals surface area contributed by atoms with E-state index in [9.17, 15) is 9.59 Å². The van der Waals surface area contributed by atoms with E-state index in [1.54, 1.807) is 17.0 Å². The molecule has 3 rings (SSSR count). The van der Waals surface area contributed by atoms with Gasteiger partial charge in [0, 0.05) is 6.54 Å².